The standard InChI is InChI=1S/C3H5N4S/c1-7-3(2-8)4-5-6-7/h2H2,1H3. The molecule has 0 bridgehead atoms. The molecule has 1 heterocycles. The van der Waals surface area contributed by atoms with Gasteiger partial charge in [0.05, 0.1) is 5.75 Å². The molecule has 0 aliphatic heterocycles. The van der Waals surface area contributed by atoms with Crippen molar-refractivity contribution in [1.29, 1.82) is 0 Å². The highest BCUT2D eigenvalue weighted by Gasteiger charge is 1.95. The van der Waals surface area contributed by atoms with Gasteiger partial charge in [-0.15, -0.1) is 5.10 Å². The molecule has 0 unspecified atom stereocenters. The van der Waals surface area contributed by atoms with Crippen molar-refractivity contribution < 1.29 is 0 Å². The number of aromatic nitrogens is 4. The van der Waals surface area contributed by atoms with Crippen molar-refractivity contribution >= 4 is 12.6 Å². The first-order valence-corrected chi connectivity index (χ1v) is 2.71. The highest BCUT2D eigenvalue weighted by atomic mass is 32.1. The van der Waals surface area contributed by atoms with Crippen molar-refractivity contribution in [1.82, 2.24) is 20.2 Å². The minimum Gasteiger partial charge on any atom is -0.232 e. The van der Waals surface area contributed by atoms with Gasteiger partial charge in [-0.05, 0) is 10.4 Å². The maximum Gasteiger partial charge on any atom is 0.161 e. The van der Waals surface area contributed by atoms with Gasteiger partial charge in [-0.25, -0.2) is 4.68 Å². The van der Waals surface area contributed by atoms with Crippen LogP contribution in [-0.2, 0) is 12.8 Å². The van der Waals surface area contributed by atoms with E-state index in [1.54, 1.807) is 11.7 Å². The van der Waals surface area contributed by atoms with Crippen LogP contribution in [0.25, 0.3) is 0 Å². The van der Waals surface area contributed by atoms with Gasteiger partial charge in [-0.2, -0.15) is 0 Å². The molecular formula is C3H5N4S. The van der Waals surface area contributed by atoms with E-state index in [4.69, 9.17) is 12.6 Å². The van der Waals surface area contributed by atoms with Gasteiger partial charge in [0, 0.05) is 7.05 Å². The monoisotopic (exact) mass is 129 g/mol. The summed E-state index contributed by atoms with van der Waals surface area (Å²) in [5.74, 6) is 1.21. The van der Waals surface area contributed by atoms with E-state index in [9.17, 15) is 0 Å². The summed E-state index contributed by atoms with van der Waals surface area (Å²) in [7, 11) is 1.77. The summed E-state index contributed by atoms with van der Waals surface area (Å²) < 4.78 is 1.56. The lowest BCUT2D eigenvalue weighted by Crippen LogP contribution is -1.95. The van der Waals surface area contributed by atoms with E-state index in [1.165, 1.54) is 0 Å². The molecule has 0 N–H and O–H groups in total. The van der Waals surface area contributed by atoms with Crippen LogP contribution >= 0.6 is 12.6 Å². The SMILES string of the molecule is Cn1nnnc1C[S]. The molecule has 1 aromatic rings. The van der Waals surface area contributed by atoms with Crippen LogP contribution in [0.15, 0.2) is 0 Å². The van der Waals surface area contributed by atoms with E-state index in [2.05, 4.69) is 15.5 Å². The quantitative estimate of drug-likeness (QED) is 0.532. The second-order valence-corrected chi connectivity index (χ2v) is 1.65. The summed E-state index contributed by atoms with van der Waals surface area (Å²) in [4.78, 5) is 0. The summed E-state index contributed by atoms with van der Waals surface area (Å²) in [5.41, 5.74) is 0. The molecule has 0 saturated heterocycles. The van der Waals surface area contributed by atoms with E-state index >= 15 is 0 Å². The maximum absolute atomic E-state index is 4.70. The molecule has 0 fully saturated rings. The molecule has 0 aromatic carbocycles. The Kier molecular flexibility index (Phi) is 1.48. The molecule has 0 aliphatic rings. The summed E-state index contributed by atoms with van der Waals surface area (Å²) in [6.07, 6.45) is 0. The average molecular weight is 129 g/mol. The van der Waals surface area contributed by atoms with Crippen molar-refractivity contribution in [3.63, 3.8) is 0 Å². The van der Waals surface area contributed by atoms with Crippen LogP contribution < -0.4 is 0 Å². The number of hydrogen-bond acceptors (Lipinski definition) is 3. The van der Waals surface area contributed by atoms with Gasteiger partial charge < -0.3 is 0 Å². The molecule has 0 amide bonds. The molecule has 0 aliphatic carbocycles. The Morgan fingerprint density at radius 3 is 2.75 bits per heavy atom. The molecular weight excluding hydrogens is 124 g/mol. The first-order chi connectivity index (χ1) is 3.84. The smallest absolute Gasteiger partial charge is 0.161 e. The van der Waals surface area contributed by atoms with Crippen LogP contribution in [0.3, 0.4) is 0 Å². The molecule has 1 rings (SSSR count). The molecule has 1 radical (unpaired) electrons. The van der Waals surface area contributed by atoms with Crippen molar-refractivity contribution in [2.45, 2.75) is 5.75 Å². The lowest BCUT2D eigenvalue weighted by atomic mass is 10.7. The van der Waals surface area contributed by atoms with Gasteiger partial charge in [0.2, 0.25) is 0 Å². The Morgan fingerprint density at radius 2 is 2.50 bits per heavy atom. The summed E-state index contributed by atoms with van der Waals surface area (Å²) >= 11 is 4.70. The van der Waals surface area contributed by atoms with E-state index in [0.29, 0.717) is 5.75 Å². The van der Waals surface area contributed by atoms with Crippen LogP contribution in [0.5, 0.6) is 0 Å². The molecule has 0 spiro atoms. The lowest BCUT2D eigenvalue weighted by molar-refractivity contribution is 0.693. The van der Waals surface area contributed by atoms with Crippen LogP contribution in [0, 0.1) is 0 Å². The normalized spacial score (nSPS) is 9.75. The molecule has 5 heteroatoms. The zero-order valence-corrected chi connectivity index (χ0v) is 5.22. The Labute approximate surface area is 52.3 Å². The summed E-state index contributed by atoms with van der Waals surface area (Å²) in [5, 5.41) is 10.6. The highest BCUT2D eigenvalue weighted by molar-refractivity contribution is 7.79. The number of hydrogen-bond donors (Lipinski definition) is 0. The third-order valence-electron chi connectivity index (χ3n) is 0.837. The number of nitrogens with zero attached hydrogens (tertiary/aromatic N) is 4. The van der Waals surface area contributed by atoms with Crippen LogP contribution in [0.4, 0.5) is 0 Å². The molecule has 43 valence electrons. The van der Waals surface area contributed by atoms with Crippen LogP contribution in [0.1, 0.15) is 5.82 Å². The third kappa shape index (κ3) is 0.812. The second kappa shape index (κ2) is 2.13. The minimum atomic E-state index is 0.476. The highest BCUT2D eigenvalue weighted by Crippen LogP contribution is 1.91. The third-order valence-corrected chi connectivity index (χ3v) is 1.10. The maximum atomic E-state index is 4.70. The zero-order valence-electron chi connectivity index (χ0n) is 4.40. The Balaban J connectivity index is 2.92. The van der Waals surface area contributed by atoms with Crippen molar-refractivity contribution in [2.24, 2.45) is 7.05 Å². The number of tetrazole rings is 1. The van der Waals surface area contributed by atoms with E-state index in [0.717, 1.165) is 5.82 Å². The predicted octanol–water partition coefficient (Wildman–Crippen LogP) is -0.0924. The van der Waals surface area contributed by atoms with Crippen molar-refractivity contribution in [2.75, 3.05) is 0 Å². The second-order valence-electron chi connectivity index (χ2n) is 1.36. The van der Waals surface area contributed by atoms with E-state index in [1.807, 2.05) is 0 Å². The fourth-order valence-corrected chi connectivity index (χ4v) is 0.615. The van der Waals surface area contributed by atoms with Gasteiger partial charge in [0.25, 0.3) is 0 Å². The molecule has 4 nitrogen and oxygen atoms in total. The Morgan fingerprint density at radius 1 is 1.75 bits per heavy atom. The van der Waals surface area contributed by atoms with E-state index < -0.39 is 0 Å². The fraction of sp³-hybridized carbons (Fsp3) is 0.667. The zero-order chi connectivity index (χ0) is 5.98. The largest absolute Gasteiger partial charge is 0.232 e. The summed E-state index contributed by atoms with van der Waals surface area (Å²) in [6.45, 7) is 0. The molecule has 8 heavy (non-hydrogen) atoms. The number of aryl methyl sites for hydroxylation is 1. The van der Waals surface area contributed by atoms with Gasteiger partial charge in [0.1, 0.15) is 0 Å². The minimum absolute atomic E-state index is 0.476. The Hall–Kier alpha value is -0.580. The molecule has 0 saturated carbocycles. The van der Waals surface area contributed by atoms with Crippen LogP contribution in [-0.4, -0.2) is 20.2 Å². The van der Waals surface area contributed by atoms with Crippen molar-refractivity contribution in [3.05, 3.63) is 5.82 Å². The topological polar surface area (TPSA) is 43.6 Å². The van der Waals surface area contributed by atoms with Gasteiger partial charge in [-0.1, -0.05) is 12.6 Å². The van der Waals surface area contributed by atoms with E-state index in [-0.39, 0.29) is 0 Å². The number of rotatable bonds is 1. The fourth-order valence-electron chi connectivity index (χ4n) is 0.370. The Bertz CT molecular complexity index is 172. The van der Waals surface area contributed by atoms with Gasteiger partial charge in [-0.3, -0.25) is 0 Å². The average Bonchev–Trinajstić information content (AvgIpc) is 2.14. The lowest BCUT2D eigenvalue weighted by Gasteiger charge is -1.86. The first kappa shape index (κ1) is 5.55. The predicted molar refractivity (Wildman–Crippen MR) is 30.1 cm³/mol. The van der Waals surface area contributed by atoms with Crippen LogP contribution in [0.2, 0.25) is 0 Å². The molecule has 0 atom stereocenters. The van der Waals surface area contributed by atoms with Crippen molar-refractivity contribution in [3.8, 4) is 0 Å². The van der Waals surface area contributed by atoms with Gasteiger partial charge >= 0.3 is 0 Å². The first-order valence-electron chi connectivity index (χ1n) is 2.14. The molecule has 1 aromatic heterocycles. The summed E-state index contributed by atoms with van der Waals surface area (Å²) in [6, 6.07) is 0. The van der Waals surface area contributed by atoms with Gasteiger partial charge in [0.15, 0.2) is 5.82 Å².